The Morgan fingerprint density at radius 3 is 1.29 bits per heavy atom. The van der Waals surface area contributed by atoms with Crippen molar-refractivity contribution in [3.63, 3.8) is 0 Å². The Morgan fingerprint density at radius 1 is 0.314 bits per heavy atom. The molecule has 0 atom stereocenters. The summed E-state index contributed by atoms with van der Waals surface area (Å²) in [6.45, 7) is 13.3. The lowest BCUT2D eigenvalue weighted by molar-refractivity contribution is 1.02. The zero-order valence-electron chi connectivity index (χ0n) is 40.4. The fourth-order valence-corrected chi connectivity index (χ4v) is 10.5. The second-order valence-corrected chi connectivity index (χ2v) is 18.5. The van der Waals surface area contributed by atoms with Gasteiger partial charge in [-0.2, -0.15) is 9.97 Å². The van der Waals surface area contributed by atoms with Gasteiger partial charge in [-0.15, -0.1) is 0 Å². The van der Waals surface area contributed by atoms with E-state index in [1.54, 1.807) is 0 Å². The lowest BCUT2D eigenvalue weighted by Gasteiger charge is -2.32. The van der Waals surface area contributed by atoms with Gasteiger partial charge in [0.05, 0.1) is 17.1 Å². The SMILES string of the molecule is Cc1cc(C)c(N(c2ccc(N(c3nc(-c4ccccc4)nc(-c4cccc5cccc(-c6ccccc6)c45)n3)c3cc4ccccc4cc3-c3ccccc3)cc2)c2c(C)cc(C)cc2C)c(C)c1. The molecule has 0 aliphatic rings. The van der Waals surface area contributed by atoms with Gasteiger partial charge in [0, 0.05) is 33.5 Å². The second kappa shape index (κ2) is 18.4. The fraction of sp³-hybridized carbons (Fsp3) is 0.0923. The smallest absolute Gasteiger partial charge is 0.238 e. The van der Waals surface area contributed by atoms with Crippen LogP contribution in [0, 0.1) is 41.5 Å². The molecule has 0 spiro atoms. The Balaban J connectivity index is 1.19. The Hall–Kier alpha value is -8.67. The topological polar surface area (TPSA) is 45.2 Å². The summed E-state index contributed by atoms with van der Waals surface area (Å²) in [6, 6.07) is 75.6. The largest absolute Gasteiger partial charge is 0.309 e. The molecule has 5 heteroatoms. The van der Waals surface area contributed by atoms with Gasteiger partial charge in [-0.05, 0) is 133 Å². The highest BCUT2D eigenvalue weighted by Gasteiger charge is 2.26. The highest BCUT2D eigenvalue weighted by Crippen LogP contribution is 2.47. The molecule has 0 aliphatic heterocycles. The number of hydrogen-bond acceptors (Lipinski definition) is 5. The van der Waals surface area contributed by atoms with E-state index >= 15 is 0 Å². The molecule has 0 N–H and O–H groups in total. The van der Waals surface area contributed by atoms with Crippen molar-refractivity contribution in [2.45, 2.75) is 41.5 Å². The average Bonchev–Trinajstić information content (AvgIpc) is 3.38. The third-order valence-corrected chi connectivity index (χ3v) is 13.4. The molecule has 10 aromatic carbocycles. The molecule has 0 saturated carbocycles. The molecule has 0 unspecified atom stereocenters. The summed E-state index contributed by atoms with van der Waals surface area (Å²) in [4.78, 5) is 21.1. The number of hydrogen-bond donors (Lipinski definition) is 0. The third kappa shape index (κ3) is 8.26. The molecule has 0 fully saturated rings. The summed E-state index contributed by atoms with van der Waals surface area (Å²) in [5.41, 5.74) is 18.9. The molecule has 0 aliphatic carbocycles. The molecule has 5 nitrogen and oxygen atoms in total. The lowest BCUT2D eigenvalue weighted by atomic mass is 9.94. The number of nitrogens with zero attached hydrogens (tertiary/aromatic N) is 5. The first-order chi connectivity index (χ1) is 34.2. The van der Waals surface area contributed by atoms with Crippen LogP contribution in [0.5, 0.6) is 0 Å². The number of aryl methyl sites for hydroxylation is 6. The van der Waals surface area contributed by atoms with E-state index in [4.69, 9.17) is 15.0 Å². The van der Waals surface area contributed by atoms with Crippen molar-refractivity contribution in [3.8, 4) is 45.0 Å². The molecule has 338 valence electrons. The van der Waals surface area contributed by atoms with Crippen LogP contribution in [0.4, 0.5) is 34.4 Å². The van der Waals surface area contributed by atoms with E-state index in [2.05, 4.69) is 245 Å². The standard InChI is InChI=1S/C65H53N5/c1-42-36-44(3)61(45(4)37-42)70(62-46(5)38-43(2)39-47(62)6)55-34-32-54(33-35-55)69(59-41-53-27-17-16-26-52(53)40-58(59)49-22-12-8-13-23-49)65-67-63(51-24-14-9-15-25-51)66-64(68-65)57-31-19-29-50-28-18-30-56(60(50)57)48-20-10-7-11-21-48/h7-41H,1-6H3. The van der Waals surface area contributed by atoms with Gasteiger partial charge in [-0.1, -0.05) is 187 Å². The minimum atomic E-state index is 0.505. The summed E-state index contributed by atoms with van der Waals surface area (Å²) >= 11 is 0. The molecule has 0 amide bonds. The van der Waals surface area contributed by atoms with E-state index in [9.17, 15) is 0 Å². The van der Waals surface area contributed by atoms with Crippen LogP contribution in [0.1, 0.15) is 33.4 Å². The van der Waals surface area contributed by atoms with Gasteiger partial charge in [0.15, 0.2) is 11.6 Å². The number of fused-ring (bicyclic) bond motifs is 2. The minimum absolute atomic E-state index is 0.505. The van der Waals surface area contributed by atoms with Gasteiger partial charge in [0.2, 0.25) is 5.95 Å². The van der Waals surface area contributed by atoms with Gasteiger partial charge >= 0.3 is 0 Å². The van der Waals surface area contributed by atoms with Crippen molar-refractivity contribution in [1.82, 2.24) is 15.0 Å². The molecular weight excluding hydrogens is 851 g/mol. The third-order valence-electron chi connectivity index (χ3n) is 13.4. The molecule has 1 heterocycles. The number of anilines is 6. The first kappa shape index (κ1) is 43.9. The van der Waals surface area contributed by atoms with E-state index < -0.39 is 0 Å². The van der Waals surface area contributed by atoms with Crippen molar-refractivity contribution in [2.24, 2.45) is 0 Å². The molecule has 11 aromatic rings. The van der Waals surface area contributed by atoms with Gasteiger partial charge in [0.1, 0.15) is 0 Å². The summed E-state index contributed by atoms with van der Waals surface area (Å²) in [5, 5.41) is 4.45. The van der Waals surface area contributed by atoms with Crippen LogP contribution in [0.25, 0.3) is 66.6 Å². The van der Waals surface area contributed by atoms with Crippen LogP contribution in [-0.4, -0.2) is 15.0 Å². The van der Waals surface area contributed by atoms with Gasteiger partial charge in [0.25, 0.3) is 0 Å². The van der Waals surface area contributed by atoms with Crippen molar-refractivity contribution < 1.29 is 0 Å². The van der Waals surface area contributed by atoms with Crippen LogP contribution in [0.15, 0.2) is 212 Å². The average molecular weight is 904 g/mol. The summed E-state index contributed by atoms with van der Waals surface area (Å²) in [6.07, 6.45) is 0. The van der Waals surface area contributed by atoms with E-state index in [-0.39, 0.29) is 0 Å². The Bertz CT molecular complexity index is 3610. The van der Waals surface area contributed by atoms with Crippen molar-refractivity contribution >= 4 is 55.9 Å². The van der Waals surface area contributed by atoms with Crippen LogP contribution in [-0.2, 0) is 0 Å². The van der Waals surface area contributed by atoms with E-state index in [1.807, 2.05) is 18.2 Å². The first-order valence-corrected chi connectivity index (χ1v) is 24.0. The molecular formula is C65H53N5. The molecule has 0 bridgehead atoms. The maximum absolute atomic E-state index is 5.59. The highest BCUT2D eigenvalue weighted by molar-refractivity contribution is 6.06. The summed E-state index contributed by atoms with van der Waals surface area (Å²) in [7, 11) is 0. The molecule has 0 radical (unpaired) electrons. The number of rotatable bonds is 10. The lowest BCUT2D eigenvalue weighted by Crippen LogP contribution is -2.18. The van der Waals surface area contributed by atoms with Gasteiger partial charge < -0.3 is 4.90 Å². The summed E-state index contributed by atoms with van der Waals surface area (Å²) < 4.78 is 0. The van der Waals surface area contributed by atoms with Crippen LogP contribution >= 0.6 is 0 Å². The zero-order chi connectivity index (χ0) is 47.9. The van der Waals surface area contributed by atoms with E-state index in [0.717, 1.165) is 72.0 Å². The minimum Gasteiger partial charge on any atom is -0.309 e. The summed E-state index contributed by atoms with van der Waals surface area (Å²) in [5.74, 6) is 1.68. The molecule has 0 saturated heterocycles. The van der Waals surface area contributed by atoms with Crippen molar-refractivity contribution in [2.75, 3.05) is 9.80 Å². The van der Waals surface area contributed by atoms with Gasteiger partial charge in [-0.25, -0.2) is 4.98 Å². The number of aromatic nitrogens is 3. The van der Waals surface area contributed by atoms with Crippen molar-refractivity contribution in [1.29, 1.82) is 0 Å². The normalized spacial score (nSPS) is 11.3. The van der Waals surface area contributed by atoms with Gasteiger partial charge in [-0.3, -0.25) is 4.90 Å². The predicted molar refractivity (Wildman–Crippen MR) is 294 cm³/mol. The zero-order valence-corrected chi connectivity index (χ0v) is 40.4. The van der Waals surface area contributed by atoms with Crippen molar-refractivity contribution in [3.05, 3.63) is 246 Å². The fourth-order valence-electron chi connectivity index (χ4n) is 10.5. The van der Waals surface area contributed by atoms with E-state index in [1.165, 1.54) is 44.8 Å². The Morgan fingerprint density at radius 2 is 0.743 bits per heavy atom. The highest BCUT2D eigenvalue weighted by atomic mass is 15.3. The monoisotopic (exact) mass is 903 g/mol. The Labute approximate surface area is 411 Å². The molecule has 1 aromatic heterocycles. The second-order valence-electron chi connectivity index (χ2n) is 18.5. The molecule has 11 rings (SSSR count). The maximum Gasteiger partial charge on any atom is 0.238 e. The predicted octanol–water partition coefficient (Wildman–Crippen LogP) is 17.6. The first-order valence-electron chi connectivity index (χ1n) is 24.0. The quantitative estimate of drug-likeness (QED) is 0.137. The number of benzene rings is 10. The van der Waals surface area contributed by atoms with E-state index in [0.29, 0.717) is 17.6 Å². The van der Waals surface area contributed by atoms with Crippen LogP contribution in [0.3, 0.4) is 0 Å². The molecule has 70 heavy (non-hydrogen) atoms. The Kier molecular flexibility index (Phi) is 11.6. The maximum atomic E-state index is 5.59. The van der Waals surface area contributed by atoms with Crippen LogP contribution in [0.2, 0.25) is 0 Å². The van der Waals surface area contributed by atoms with Crippen LogP contribution < -0.4 is 9.80 Å².